The van der Waals surface area contributed by atoms with Crippen LogP contribution in [0.1, 0.15) is 0 Å². The molecule has 0 radical (unpaired) electrons. The molecule has 0 spiro atoms. The Bertz CT molecular complexity index is 3210. The normalized spacial score (nSPS) is 11.6. The minimum absolute atomic E-state index is 0.592. The predicted molar refractivity (Wildman–Crippen MR) is 225 cm³/mol. The van der Waals surface area contributed by atoms with Gasteiger partial charge in [0.15, 0.2) is 17.5 Å². The van der Waals surface area contributed by atoms with E-state index in [-0.39, 0.29) is 0 Å². The predicted octanol–water partition coefficient (Wildman–Crippen LogP) is 13.0. The molecule has 0 aliphatic rings. The van der Waals surface area contributed by atoms with Gasteiger partial charge in [0, 0.05) is 27.6 Å². The first-order chi connectivity index (χ1) is 27.3. The van der Waals surface area contributed by atoms with Crippen molar-refractivity contribution in [1.29, 1.82) is 0 Å². The monoisotopic (exact) mass is 702 g/mol. The molecule has 0 N–H and O–H groups in total. The molecule has 0 fully saturated rings. The maximum atomic E-state index is 6.86. The van der Waals surface area contributed by atoms with Gasteiger partial charge >= 0.3 is 0 Å². The van der Waals surface area contributed by atoms with Gasteiger partial charge in [0.05, 0.1) is 22.0 Å². The zero-order chi connectivity index (χ0) is 36.3. The molecule has 11 aromatic rings. The van der Waals surface area contributed by atoms with E-state index in [1.165, 1.54) is 21.5 Å². The standard InChI is InChI=1S/C50H30N4O/c1-3-15-31(16-4-1)48-52-49(32-17-5-2-6-18-32)54-50(53-48)35-21-13-20-34(29-35)46-45-40-25-11-12-28-43(40)55-47(45)44-39(26-14-27-42(44)51-46)41-30-33-19-7-8-22-36(33)37-23-9-10-24-38(37)41/h1-30H. The quantitative estimate of drug-likeness (QED) is 0.167. The van der Waals surface area contributed by atoms with Crippen LogP contribution < -0.4 is 0 Å². The van der Waals surface area contributed by atoms with E-state index < -0.39 is 0 Å². The highest BCUT2D eigenvalue weighted by Gasteiger charge is 2.22. The van der Waals surface area contributed by atoms with Gasteiger partial charge in [-0.2, -0.15) is 0 Å². The van der Waals surface area contributed by atoms with E-state index in [4.69, 9.17) is 24.4 Å². The Balaban J connectivity index is 1.15. The number of pyridine rings is 1. The fourth-order valence-corrected chi connectivity index (χ4v) is 7.96. The van der Waals surface area contributed by atoms with E-state index >= 15 is 0 Å². The Kier molecular flexibility index (Phi) is 7.10. The number of hydrogen-bond acceptors (Lipinski definition) is 5. The Morgan fingerprint density at radius 2 is 0.909 bits per heavy atom. The van der Waals surface area contributed by atoms with Crippen molar-refractivity contribution in [2.45, 2.75) is 0 Å². The number of nitrogens with zero attached hydrogens (tertiary/aromatic N) is 4. The SMILES string of the molecule is c1ccc(-c2nc(-c3ccccc3)nc(-c3cccc(-c4nc5cccc(-c6cc7ccccc7c7ccccc67)c5c5oc6ccccc6c45)c3)n2)cc1. The van der Waals surface area contributed by atoms with E-state index in [9.17, 15) is 0 Å². The van der Waals surface area contributed by atoms with Crippen molar-refractivity contribution in [1.82, 2.24) is 19.9 Å². The zero-order valence-corrected chi connectivity index (χ0v) is 29.5. The Morgan fingerprint density at radius 1 is 0.345 bits per heavy atom. The maximum Gasteiger partial charge on any atom is 0.164 e. The second-order valence-electron chi connectivity index (χ2n) is 13.8. The minimum atomic E-state index is 0.592. The molecule has 0 unspecified atom stereocenters. The molecule has 0 bridgehead atoms. The smallest absolute Gasteiger partial charge is 0.164 e. The summed E-state index contributed by atoms with van der Waals surface area (Å²) in [4.78, 5) is 20.4. The largest absolute Gasteiger partial charge is 0.455 e. The zero-order valence-electron chi connectivity index (χ0n) is 29.5. The Morgan fingerprint density at radius 3 is 1.65 bits per heavy atom. The van der Waals surface area contributed by atoms with Crippen molar-refractivity contribution >= 4 is 54.4 Å². The van der Waals surface area contributed by atoms with Crippen LogP contribution in [0.2, 0.25) is 0 Å². The molecule has 11 rings (SSSR count). The molecule has 0 aliphatic heterocycles. The summed E-state index contributed by atoms with van der Waals surface area (Å²) in [7, 11) is 0. The van der Waals surface area contributed by atoms with Crippen molar-refractivity contribution in [3.63, 3.8) is 0 Å². The number of para-hydroxylation sites is 1. The van der Waals surface area contributed by atoms with Crippen LogP contribution in [0, 0.1) is 0 Å². The molecule has 5 nitrogen and oxygen atoms in total. The van der Waals surface area contributed by atoms with Gasteiger partial charge in [0.2, 0.25) is 0 Å². The molecule has 3 heterocycles. The highest BCUT2D eigenvalue weighted by atomic mass is 16.3. The lowest BCUT2D eigenvalue weighted by molar-refractivity contribution is 0.672. The van der Waals surface area contributed by atoms with Crippen LogP contribution in [0.3, 0.4) is 0 Å². The third-order valence-electron chi connectivity index (χ3n) is 10.5. The third kappa shape index (κ3) is 5.17. The van der Waals surface area contributed by atoms with E-state index in [0.29, 0.717) is 17.5 Å². The summed E-state index contributed by atoms with van der Waals surface area (Å²) in [6.45, 7) is 0. The molecule has 3 aromatic heterocycles. The summed E-state index contributed by atoms with van der Waals surface area (Å²) in [5.74, 6) is 1.83. The number of benzene rings is 8. The van der Waals surface area contributed by atoms with Crippen LogP contribution in [0.5, 0.6) is 0 Å². The van der Waals surface area contributed by atoms with E-state index in [1.807, 2.05) is 72.8 Å². The minimum Gasteiger partial charge on any atom is -0.455 e. The van der Waals surface area contributed by atoms with Crippen molar-refractivity contribution in [2.24, 2.45) is 0 Å². The summed E-state index contributed by atoms with van der Waals surface area (Å²) in [5, 5.41) is 7.83. The lowest BCUT2D eigenvalue weighted by Gasteiger charge is -2.14. The second-order valence-corrected chi connectivity index (χ2v) is 13.8. The van der Waals surface area contributed by atoms with E-state index in [0.717, 1.165) is 71.9 Å². The molecule has 0 saturated carbocycles. The summed E-state index contributed by atoms with van der Waals surface area (Å²) >= 11 is 0. The van der Waals surface area contributed by atoms with E-state index in [2.05, 4.69) is 109 Å². The number of hydrogen-bond donors (Lipinski definition) is 0. The van der Waals surface area contributed by atoms with Gasteiger partial charge in [0.25, 0.3) is 0 Å². The lowest BCUT2D eigenvalue weighted by Crippen LogP contribution is -2.00. The van der Waals surface area contributed by atoms with Gasteiger partial charge in [0.1, 0.15) is 11.2 Å². The first-order valence-electron chi connectivity index (χ1n) is 18.4. The molecule has 0 amide bonds. The van der Waals surface area contributed by atoms with Crippen LogP contribution in [0.25, 0.3) is 111 Å². The number of aromatic nitrogens is 4. The highest BCUT2D eigenvalue weighted by molar-refractivity contribution is 6.24. The molecule has 0 atom stereocenters. The molecule has 5 heteroatoms. The summed E-state index contributed by atoms with van der Waals surface area (Å²) in [5.41, 5.74) is 9.25. The average molecular weight is 703 g/mol. The van der Waals surface area contributed by atoms with Crippen LogP contribution in [-0.4, -0.2) is 19.9 Å². The molecule has 256 valence electrons. The first-order valence-corrected chi connectivity index (χ1v) is 18.4. The molecule has 0 saturated heterocycles. The van der Waals surface area contributed by atoms with Crippen molar-refractivity contribution in [3.05, 3.63) is 182 Å². The fourth-order valence-electron chi connectivity index (χ4n) is 7.96. The van der Waals surface area contributed by atoms with Gasteiger partial charge < -0.3 is 4.42 Å². The number of rotatable bonds is 5. The topological polar surface area (TPSA) is 64.7 Å². The molecular weight excluding hydrogens is 673 g/mol. The average Bonchev–Trinajstić information content (AvgIpc) is 3.66. The molecular formula is C50H30N4O. The second kappa shape index (κ2) is 12.6. The van der Waals surface area contributed by atoms with Crippen LogP contribution in [0.4, 0.5) is 0 Å². The van der Waals surface area contributed by atoms with Gasteiger partial charge in [-0.25, -0.2) is 19.9 Å². The van der Waals surface area contributed by atoms with Crippen LogP contribution in [0.15, 0.2) is 186 Å². The van der Waals surface area contributed by atoms with E-state index in [1.54, 1.807) is 0 Å². The summed E-state index contributed by atoms with van der Waals surface area (Å²) in [6.07, 6.45) is 0. The van der Waals surface area contributed by atoms with Gasteiger partial charge in [-0.05, 0) is 56.9 Å². The summed E-state index contributed by atoms with van der Waals surface area (Å²) in [6, 6.07) is 62.6. The van der Waals surface area contributed by atoms with Gasteiger partial charge in [-0.3, -0.25) is 0 Å². The Hall–Kier alpha value is -7.50. The maximum absolute atomic E-state index is 6.86. The van der Waals surface area contributed by atoms with Crippen molar-refractivity contribution in [3.8, 4) is 56.5 Å². The number of furan rings is 1. The number of fused-ring (bicyclic) bond motifs is 8. The van der Waals surface area contributed by atoms with Crippen molar-refractivity contribution in [2.75, 3.05) is 0 Å². The van der Waals surface area contributed by atoms with Gasteiger partial charge in [-0.15, -0.1) is 0 Å². The fraction of sp³-hybridized carbons (Fsp3) is 0. The van der Waals surface area contributed by atoms with Gasteiger partial charge in [-0.1, -0.05) is 158 Å². The third-order valence-corrected chi connectivity index (χ3v) is 10.5. The summed E-state index contributed by atoms with van der Waals surface area (Å²) < 4.78 is 6.86. The lowest BCUT2D eigenvalue weighted by atomic mass is 9.90. The molecule has 0 aliphatic carbocycles. The van der Waals surface area contributed by atoms with Crippen molar-refractivity contribution < 1.29 is 4.42 Å². The Labute approximate surface area is 316 Å². The first kappa shape index (κ1) is 31.1. The molecule has 55 heavy (non-hydrogen) atoms. The molecule has 8 aromatic carbocycles. The van der Waals surface area contributed by atoms with Crippen LogP contribution in [-0.2, 0) is 0 Å². The van der Waals surface area contributed by atoms with Crippen LogP contribution >= 0.6 is 0 Å². The highest BCUT2D eigenvalue weighted by Crippen LogP contribution is 2.45.